The van der Waals surface area contributed by atoms with E-state index in [9.17, 15) is 0 Å². The molecule has 0 spiro atoms. The van der Waals surface area contributed by atoms with Crippen LogP contribution in [0.3, 0.4) is 0 Å². The van der Waals surface area contributed by atoms with Gasteiger partial charge in [0.15, 0.2) is 0 Å². The molecule has 0 aliphatic rings. The Labute approximate surface area is 106 Å². The first-order chi connectivity index (χ1) is 7.84. The molecule has 0 aliphatic heterocycles. The molecule has 0 aliphatic carbocycles. The van der Waals surface area contributed by atoms with Crippen molar-refractivity contribution >= 4 is 5.57 Å². The summed E-state index contributed by atoms with van der Waals surface area (Å²) in [6.45, 7) is 15.2. The number of hydrogen-bond donors (Lipinski definition) is 0. The van der Waals surface area contributed by atoms with Crippen LogP contribution in [0, 0.1) is 5.41 Å². The van der Waals surface area contributed by atoms with Crippen molar-refractivity contribution in [2.24, 2.45) is 5.41 Å². The highest BCUT2D eigenvalue weighted by Gasteiger charge is 2.12. The van der Waals surface area contributed by atoms with E-state index >= 15 is 0 Å². The summed E-state index contributed by atoms with van der Waals surface area (Å²) in [4.78, 5) is 0. The standard InChI is InChI=1S/C17H24/c1-7-15-8-10-16(11-9-15)13(2)12-14(3)17(4,5)6/h8-12H,2,7H2,1,3-6H3. The minimum atomic E-state index is 0.215. The van der Waals surface area contributed by atoms with Crippen LogP contribution in [-0.4, -0.2) is 0 Å². The molecule has 0 nitrogen and oxygen atoms in total. The van der Waals surface area contributed by atoms with E-state index in [0.717, 1.165) is 12.0 Å². The SMILES string of the molecule is C=C(C=C(C)C(C)(C)C)c1ccc(CC)cc1. The second-order valence-electron chi connectivity index (χ2n) is 5.65. The van der Waals surface area contributed by atoms with Crippen molar-refractivity contribution in [2.75, 3.05) is 0 Å². The minimum absolute atomic E-state index is 0.215. The summed E-state index contributed by atoms with van der Waals surface area (Å²) in [6, 6.07) is 8.68. The van der Waals surface area contributed by atoms with Crippen LogP contribution in [0.15, 0.2) is 42.5 Å². The van der Waals surface area contributed by atoms with E-state index in [1.807, 2.05) is 0 Å². The van der Waals surface area contributed by atoms with E-state index in [2.05, 4.69) is 71.5 Å². The molecular formula is C17H24. The van der Waals surface area contributed by atoms with Crippen LogP contribution in [0.4, 0.5) is 0 Å². The zero-order chi connectivity index (χ0) is 13.1. The Hall–Kier alpha value is -1.30. The lowest BCUT2D eigenvalue weighted by Crippen LogP contribution is -2.06. The lowest BCUT2D eigenvalue weighted by atomic mass is 9.86. The van der Waals surface area contributed by atoms with Crippen molar-refractivity contribution in [3.63, 3.8) is 0 Å². The van der Waals surface area contributed by atoms with Crippen LogP contribution in [-0.2, 0) is 6.42 Å². The van der Waals surface area contributed by atoms with Crippen molar-refractivity contribution in [1.29, 1.82) is 0 Å². The van der Waals surface area contributed by atoms with Crippen LogP contribution < -0.4 is 0 Å². The molecule has 1 aromatic rings. The highest BCUT2D eigenvalue weighted by atomic mass is 14.2. The number of benzene rings is 1. The van der Waals surface area contributed by atoms with E-state index in [4.69, 9.17) is 0 Å². The molecule has 0 amide bonds. The predicted molar refractivity (Wildman–Crippen MR) is 78.1 cm³/mol. The average Bonchev–Trinajstić information content (AvgIpc) is 2.27. The van der Waals surface area contributed by atoms with Gasteiger partial charge < -0.3 is 0 Å². The van der Waals surface area contributed by atoms with Crippen LogP contribution in [0.2, 0.25) is 0 Å². The summed E-state index contributed by atoms with van der Waals surface area (Å²) < 4.78 is 0. The van der Waals surface area contributed by atoms with Crippen molar-refractivity contribution in [1.82, 2.24) is 0 Å². The molecule has 92 valence electrons. The predicted octanol–water partition coefficient (Wildman–Crippen LogP) is 5.25. The van der Waals surface area contributed by atoms with Gasteiger partial charge in [-0.2, -0.15) is 0 Å². The highest BCUT2D eigenvalue weighted by molar-refractivity contribution is 5.72. The monoisotopic (exact) mass is 228 g/mol. The number of allylic oxidation sites excluding steroid dienone is 3. The second-order valence-corrected chi connectivity index (χ2v) is 5.65. The van der Waals surface area contributed by atoms with Crippen LogP contribution >= 0.6 is 0 Å². The first-order valence-corrected chi connectivity index (χ1v) is 6.31. The van der Waals surface area contributed by atoms with Crippen molar-refractivity contribution in [3.8, 4) is 0 Å². The smallest absolute Gasteiger partial charge is 0.0172 e. The van der Waals surface area contributed by atoms with E-state index in [0.29, 0.717) is 0 Å². The van der Waals surface area contributed by atoms with Gasteiger partial charge >= 0.3 is 0 Å². The molecule has 1 rings (SSSR count). The molecular weight excluding hydrogens is 204 g/mol. The van der Waals surface area contributed by atoms with E-state index in [-0.39, 0.29) is 5.41 Å². The number of hydrogen-bond acceptors (Lipinski definition) is 0. The van der Waals surface area contributed by atoms with Crippen molar-refractivity contribution in [3.05, 3.63) is 53.6 Å². The Balaban J connectivity index is 2.90. The topological polar surface area (TPSA) is 0 Å². The van der Waals surface area contributed by atoms with Gasteiger partial charge in [0.2, 0.25) is 0 Å². The first kappa shape index (κ1) is 13.8. The fraction of sp³-hybridized carbons (Fsp3) is 0.412. The maximum atomic E-state index is 4.16. The summed E-state index contributed by atoms with van der Waals surface area (Å²) in [7, 11) is 0. The third-order valence-electron chi connectivity index (χ3n) is 3.31. The van der Waals surface area contributed by atoms with Crippen molar-refractivity contribution < 1.29 is 0 Å². The minimum Gasteiger partial charge on any atom is -0.0912 e. The van der Waals surface area contributed by atoms with Gasteiger partial charge in [0.05, 0.1) is 0 Å². The first-order valence-electron chi connectivity index (χ1n) is 6.31. The summed E-state index contributed by atoms with van der Waals surface area (Å²) in [5, 5.41) is 0. The number of aryl methyl sites for hydroxylation is 1. The molecule has 0 heteroatoms. The van der Waals surface area contributed by atoms with Gasteiger partial charge in [0.1, 0.15) is 0 Å². The Kier molecular flexibility index (Phi) is 4.34. The second kappa shape index (κ2) is 5.35. The van der Waals surface area contributed by atoms with E-state index < -0.39 is 0 Å². The molecule has 0 atom stereocenters. The zero-order valence-corrected chi connectivity index (χ0v) is 11.8. The van der Waals surface area contributed by atoms with Crippen molar-refractivity contribution in [2.45, 2.75) is 41.0 Å². The number of rotatable bonds is 3. The molecule has 0 saturated carbocycles. The third kappa shape index (κ3) is 3.89. The summed E-state index contributed by atoms with van der Waals surface area (Å²) >= 11 is 0. The Morgan fingerprint density at radius 3 is 2.12 bits per heavy atom. The third-order valence-corrected chi connectivity index (χ3v) is 3.31. The summed E-state index contributed by atoms with van der Waals surface area (Å²) in [5.74, 6) is 0. The largest absolute Gasteiger partial charge is 0.0912 e. The molecule has 1 aromatic carbocycles. The lowest BCUT2D eigenvalue weighted by molar-refractivity contribution is 0.504. The fourth-order valence-corrected chi connectivity index (χ4v) is 1.52. The Morgan fingerprint density at radius 1 is 1.18 bits per heavy atom. The molecule has 0 saturated heterocycles. The summed E-state index contributed by atoms with van der Waals surface area (Å²) in [5.41, 5.74) is 5.26. The fourth-order valence-electron chi connectivity index (χ4n) is 1.52. The lowest BCUT2D eigenvalue weighted by Gasteiger charge is -2.20. The zero-order valence-electron chi connectivity index (χ0n) is 11.8. The van der Waals surface area contributed by atoms with Gasteiger partial charge in [-0.15, -0.1) is 0 Å². The van der Waals surface area contributed by atoms with Crippen LogP contribution in [0.1, 0.15) is 45.7 Å². The molecule has 0 N–H and O–H groups in total. The van der Waals surface area contributed by atoms with Gasteiger partial charge in [-0.1, -0.05) is 70.2 Å². The van der Waals surface area contributed by atoms with Crippen LogP contribution in [0.5, 0.6) is 0 Å². The van der Waals surface area contributed by atoms with Gasteiger partial charge in [0.25, 0.3) is 0 Å². The maximum absolute atomic E-state index is 4.16. The molecule has 0 unspecified atom stereocenters. The highest BCUT2D eigenvalue weighted by Crippen LogP contribution is 2.27. The summed E-state index contributed by atoms with van der Waals surface area (Å²) in [6.07, 6.45) is 3.28. The molecule has 0 radical (unpaired) electrons. The molecule has 0 bridgehead atoms. The Morgan fingerprint density at radius 2 is 1.71 bits per heavy atom. The molecule has 0 heterocycles. The van der Waals surface area contributed by atoms with E-state index in [1.54, 1.807) is 0 Å². The van der Waals surface area contributed by atoms with Gasteiger partial charge in [-0.25, -0.2) is 0 Å². The van der Waals surface area contributed by atoms with Gasteiger partial charge in [0, 0.05) is 0 Å². The Bertz CT molecular complexity index is 410. The van der Waals surface area contributed by atoms with Crippen LogP contribution in [0.25, 0.3) is 5.57 Å². The normalized spacial score (nSPS) is 12.6. The molecule has 0 aromatic heterocycles. The molecule has 0 fully saturated rings. The maximum Gasteiger partial charge on any atom is -0.0172 e. The quantitative estimate of drug-likeness (QED) is 0.619. The van der Waals surface area contributed by atoms with Gasteiger partial charge in [-0.3, -0.25) is 0 Å². The van der Waals surface area contributed by atoms with E-state index in [1.165, 1.54) is 16.7 Å². The average molecular weight is 228 g/mol. The van der Waals surface area contributed by atoms with Gasteiger partial charge in [-0.05, 0) is 35.5 Å². The molecule has 17 heavy (non-hydrogen) atoms.